The van der Waals surface area contributed by atoms with Gasteiger partial charge in [0.15, 0.2) is 0 Å². The molecule has 0 aromatic carbocycles. The molecule has 1 aromatic heterocycles. The van der Waals surface area contributed by atoms with Crippen LogP contribution < -0.4 is 0 Å². The number of carbonyl (C=O) groups excluding carboxylic acids is 1. The molecule has 0 fully saturated rings. The average molecular weight is 316 g/mol. The molecule has 0 amide bonds. The normalized spacial score (nSPS) is 11.9. The Hall–Kier alpha value is -1.34. The Morgan fingerprint density at radius 3 is 2.33 bits per heavy atom. The third kappa shape index (κ3) is 3.47. The molecule has 1 rings (SSSR count). The Balaban J connectivity index is 3.34. The van der Waals surface area contributed by atoms with E-state index in [-0.39, 0.29) is 17.2 Å². The van der Waals surface area contributed by atoms with Crippen LogP contribution in [0.5, 0.6) is 0 Å². The van der Waals surface area contributed by atoms with Gasteiger partial charge in [-0.2, -0.15) is 4.31 Å². The number of rotatable bonds is 7. The van der Waals surface area contributed by atoms with E-state index < -0.39 is 16.0 Å². The number of esters is 1. The Bertz CT molecular complexity index is 605. The summed E-state index contributed by atoms with van der Waals surface area (Å²) < 4.78 is 31.9. The van der Waals surface area contributed by atoms with Crippen molar-refractivity contribution in [3.05, 3.63) is 17.0 Å². The first-order valence-electron chi connectivity index (χ1n) is 7.17. The summed E-state index contributed by atoms with van der Waals surface area (Å²) in [5.74, 6) is -0.530. The largest absolute Gasteiger partial charge is 0.461 e. The van der Waals surface area contributed by atoms with Crippen molar-refractivity contribution in [1.82, 2.24) is 9.29 Å². The Morgan fingerprint density at radius 2 is 1.86 bits per heavy atom. The maximum atomic E-state index is 12.7. The van der Waals surface area contributed by atoms with Crippen LogP contribution in [0.25, 0.3) is 0 Å². The van der Waals surface area contributed by atoms with Gasteiger partial charge in [0, 0.05) is 24.3 Å². The third-order valence-corrected chi connectivity index (χ3v) is 5.52. The highest BCUT2D eigenvalue weighted by molar-refractivity contribution is 7.89. The first kappa shape index (κ1) is 17.7. The molecule has 1 N–H and O–H groups in total. The summed E-state index contributed by atoms with van der Waals surface area (Å²) in [7, 11) is -3.61. The molecule has 7 heteroatoms. The van der Waals surface area contributed by atoms with Crippen molar-refractivity contribution in [1.29, 1.82) is 0 Å². The van der Waals surface area contributed by atoms with Crippen LogP contribution in [0.1, 0.15) is 48.9 Å². The van der Waals surface area contributed by atoms with Gasteiger partial charge >= 0.3 is 5.97 Å². The van der Waals surface area contributed by atoms with Crippen molar-refractivity contribution in [3.63, 3.8) is 0 Å². The van der Waals surface area contributed by atoms with Gasteiger partial charge < -0.3 is 9.72 Å². The minimum absolute atomic E-state index is 0.181. The Morgan fingerprint density at radius 1 is 1.24 bits per heavy atom. The molecule has 0 saturated carbocycles. The number of aryl methyl sites for hydroxylation is 1. The van der Waals surface area contributed by atoms with E-state index in [4.69, 9.17) is 4.74 Å². The minimum Gasteiger partial charge on any atom is -0.461 e. The highest BCUT2D eigenvalue weighted by atomic mass is 32.2. The molecule has 0 unspecified atom stereocenters. The maximum absolute atomic E-state index is 12.7. The van der Waals surface area contributed by atoms with Crippen molar-refractivity contribution in [3.8, 4) is 0 Å². The van der Waals surface area contributed by atoms with E-state index in [1.165, 1.54) is 4.31 Å². The monoisotopic (exact) mass is 316 g/mol. The van der Waals surface area contributed by atoms with Crippen molar-refractivity contribution in [2.45, 2.75) is 45.9 Å². The summed E-state index contributed by atoms with van der Waals surface area (Å²) in [5.41, 5.74) is 1.09. The van der Waals surface area contributed by atoms with E-state index in [1.54, 1.807) is 27.7 Å². The SMILES string of the molecule is CCCN(CC)S(=O)(=O)c1c(C)[nH]c(C(=O)OCC)c1C. The molecule has 21 heavy (non-hydrogen) atoms. The fourth-order valence-corrected chi connectivity index (χ4v) is 4.30. The molecule has 6 nitrogen and oxygen atoms in total. The van der Waals surface area contributed by atoms with Gasteiger partial charge in [0.25, 0.3) is 0 Å². The van der Waals surface area contributed by atoms with E-state index in [9.17, 15) is 13.2 Å². The number of hydrogen-bond donors (Lipinski definition) is 1. The predicted octanol–water partition coefficient (Wildman–Crippen LogP) is 2.23. The lowest BCUT2D eigenvalue weighted by atomic mass is 10.2. The number of aromatic nitrogens is 1. The molecular formula is C14H24N2O4S. The van der Waals surface area contributed by atoms with Gasteiger partial charge in [-0.1, -0.05) is 13.8 Å². The summed E-state index contributed by atoms with van der Waals surface area (Å²) in [4.78, 5) is 14.9. The highest BCUT2D eigenvalue weighted by Crippen LogP contribution is 2.27. The van der Waals surface area contributed by atoms with Gasteiger partial charge in [-0.25, -0.2) is 13.2 Å². The van der Waals surface area contributed by atoms with E-state index in [0.717, 1.165) is 6.42 Å². The maximum Gasteiger partial charge on any atom is 0.355 e. The number of nitrogens with zero attached hydrogens (tertiary/aromatic N) is 1. The average Bonchev–Trinajstić information content (AvgIpc) is 2.71. The molecular weight excluding hydrogens is 292 g/mol. The summed E-state index contributed by atoms with van der Waals surface area (Å²) in [5, 5.41) is 0. The summed E-state index contributed by atoms with van der Waals surface area (Å²) in [6.07, 6.45) is 0.736. The molecule has 0 aliphatic heterocycles. The highest BCUT2D eigenvalue weighted by Gasteiger charge is 2.30. The second-order valence-electron chi connectivity index (χ2n) is 4.80. The first-order valence-corrected chi connectivity index (χ1v) is 8.61. The predicted molar refractivity (Wildman–Crippen MR) is 80.9 cm³/mol. The van der Waals surface area contributed by atoms with Crippen LogP contribution in [-0.4, -0.2) is 43.4 Å². The number of sulfonamides is 1. The molecule has 1 heterocycles. The topological polar surface area (TPSA) is 79.5 Å². The number of carbonyl (C=O) groups is 1. The first-order chi connectivity index (χ1) is 9.81. The van der Waals surface area contributed by atoms with Crippen LogP contribution in [0.15, 0.2) is 4.90 Å². The number of H-pyrrole nitrogens is 1. The molecule has 0 spiro atoms. The smallest absolute Gasteiger partial charge is 0.355 e. The van der Waals surface area contributed by atoms with Crippen LogP contribution in [0.3, 0.4) is 0 Å². The molecule has 0 bridgehead atoms. The lowest BCUT2D eigenvalue weighted by molar-refractivity contribution is 0.0519. The standard InChI is InChI=1S/C14H24N2O4S/c1-6-9-16(7-2)21(18,19)13-10(4)12(15-11(13)5)14(17)20-8-3/h15H,6-9H2,1-5H3. The zero-order valence-corrected chi connectivity index (χ0v) is 14.1. The van der Waals surface area contributed by atoms with Gasteiger partial charge in [-0.3, -0.25) is 0 Å². The van der Waals surface area contributed by atoms with E-state index in [0.29, 0.717) is 24.3 Å². The van der Waals surface area contributed by atoms with Gasteiger partial charge in [-0.05, 0) is 27.2 Å². The van der Waals surface area contributed by atoms with Crippen LogP contribution in [0.4, 0.5) is 0 Å². The number of aromatic amines is 1. The van der Waals surface area contributed by atoms with E-state index in [1.807, 2.05) is 6.92 Å². The minimum atomic E-state index is -3.61. The second-order valence-corrected chi connectivity index (χ2v) is 6.67. The Kier molecular flexibility index (Phi) is 5.98. The zero-order chi connectivity index (χ0) is 16.2. The lowest BCUT2D eigenvalue weighted by Crippen LogP contribution is -2.32. The number of ether oxygens (including phenoxy) is 1. The Labute approximate surface area is 126 Å². The summed E-state index contributed by atoms with van der Waals surface area (Å²) in [6, 6.07) is 0. The molecule has 0 atom stereocenters. The molecule has 1 aromatic rings. The van der Waals surface area contributed by atoms with Gasteiger partial charge in [0.2, 0.25) is 10.0 Å². The quantitative estimate of drug-likeness (QED) is 0.782. The van der Waals surface area contributed by atoms with E-state index in [2.05, 4.69) is 4.98 Å². The van der Waals surface area contributed by atoms with Crippen molar-refractivity contribution < 1.29 is 17.9 Å². The van der Waals surface area contributed by atoms with Crippen LogP contribution in [0, 0.1) is 13.8 Å². The fraction of sp³-hybridized carbons (Fsp3) is 0.643. The number of hydrogen-bond acceptors (Lipinski definition) is 4. The zero-order valence-electron chi connectivity index (χ0n) is 13.3. The van der Waals surface area contributed by atoms with Crippen LogP contribution >= 0.6 is 0 Å². The lowest BCUT2D eigenvalue weighted by Gasteiger charge is -2.20. The third-order valence-electron chi connectivity index (χ3n) is 3.27. The van der Waals surface area contributed by atoms with E-state index >= 15 is 0 Å². The number of nitrogens with one attached hydrogen (secondary N) is 1. The van der Waals surface area contributed by atoms with Gasteiger partial charge in [0.1, 0.15) is 10.6 Å². The van der Waals surface area contributed by atoms with Crippen LogP contribution in [0.2, 0.25) is 0 Å². The summed E-state index contributed by atoms with van der Waals surface area (Å²) >= 11 is 0. The molecule has 0 aliphatic carbocycles. The fourth-order valence-electron chi connectivity index (χ4n) is 2.35. The summed E-state index contributed by atoms with van der Waals surface area (Å²) in [6.45, 7) is 9.82. The second kappa shape index (κ2) is 7.09. The van der Waals surface area contributed by atoms with Crippen LogP contribution in [-0.2, 0) is 14.8 Å². The van der Waals surface area contributed by atoms with Crippen molar-refractivity contribution >= 4 is 16.0 Å². The van der Waals surface area contributed by atoms with Crippen molar-refractivity contribution in [2.24, 2.45) is 0 Å². The molecule has 0 aliphatic rings. The van der Waals surface area contributed by atoms with Crippen molar-refractivity contribution in [2.75, 3.05) is 19.7 Å². The molecule has 0 saturated heterocycles. The molecule has 0 radical (unpaired) electrons. The van der Waals surface area contributed by atoms with Gasteiger partial charge in [-0.15, -0.1) is 0 Å². The van der Waals surface area contributed by atoms with Gasteiger partial charge in [0.05, 0.1) is 6.61 Å². The molecule has 120 valence electrons.